The van der Waals surface area contributed by atoms with Gasteiger partial charge in [-0.25, -0.2) is 4.98 Å². The van der Waals surface area contributed by atoms with Crippen LogP contribution < -0.4 is 5.56 Å². The SMILES string of the molecule is Cc1cccc(-n2c(SCC(=O)N3CCC(Cc4ccccc4)CC3)nc3c([nH]c4ccccc43)c2=O)c1C. The van der Waals surface area contributed by atoms with Gasteiger partial charge in [0.15, 0.2) is 5.16 Å². The molecule has 0 spiro atoms. The largest absolute Gasteiger partial charge is 0.349 e. The van der Waals surface area contributed by atoms with Crippen molar-refractivity contribution in [2.45, 2.75) is 38.3 Å². The van der Waals surface area contributed by atoms with E-state index in [9.17, 15) is 9.59 Å². The molecular weight excluding hydrogens is 504 g/mol. The number of nitrogens with one attached hydrogen (secondary N) is 1. The standard InChI is InChI=1S/C32H32N4O2S/c1-21-9-8-14-27(22(21)2)36-31(38)30-29(25-12-6-7-13-26(25)33-30)34-32(36)39-20-28(37)35-17-15-24(16-18-35)19-23-10-4-3-5-11-23/h3-14,24,33H,15-20H2,1-2H3. The number of likely N-dealkylation sites (tertiary alicyclic amines) is 1. The maximum atomic E-state index is 13.9. The van der Waals surface area contributed by atoms with Gasteiger partial charge in [-0.15, -0.1) is 0 Å². The molecule has 3 heterocycles. The van der Waals surface area contributed by atoms with E-state index in [4.69, 9.17) is 4.98 Å². The van der Waals surface area contributed by atoms with Gasteiger partial charge >= 0.3 is 0 Å². The van der Waals surface area contributed by atoms with Crippen LogP contribution in [0.2, 0.25) is 0 Å². The molecule has 7 heteroatoms. The molecule has 0 aliphatic carbocycles. The first-order valence-electron chi connectivity index (χ1n) is 13.5. The average molecular weight is 537 g/mol. The first kappa shape index (κ1) is 25.4. The third kappa shape index (κ3) is 4.99. The van der Waals surface area contributed by atoms with Crippen LogP contribution in [0.4, 0.5) is 0 Å². The van der Waals surface area contributed by atoms with Crippen LogP contribution in [-0.4, -0.2) is 44.2 Å². The smallest absolute Gasteiger partial charge is 0.283 e. The van der Waals surface area contributed by atoms with Crippen LogP contribution in [0.25, 0.3) is 27.6 Å². The number of piperidine rings is 1. The number of H-pyrrole nitrogens is 1. The maximum Gasteiger partial charge on any atom is 0.283 e. The van der Waals surface area contributed by atoms with Gasteiger partial charge in [0.2, 0.25) is 5.91 Å². The van der Waals surface area contributed by atoms with Crippen LogP contribution in [0.3, 0.4) is 0 Å². The second-order valence-corrected chi connectivity index (χ2v) is 11.4. The fourth-order valence-corrected chi connectivity index (χ4v) is 6.48. The van der Waals surface area contributed by atoms with E-state index in [2.05, 4.69) is 29.2 Å². The Balaban J connectivity index is 1.26. The molecule has 3 aromatic carbocycles. The van der Waals surface area contributed by atoms with Crippen molar-refractivity contribution in [1.29, 1.82) is 0 Å². The van der Waals surface area contributed by atoms with Gasteiger partial charge in [0, 0.05) is 24.0 Å². The second kappa shape index (κ2) is 10.7. The summed E-state index contributed by atoms with van der Waals surface area (Å²) in [6, 6.07) is 24.4. The van der Waals surface area contributed by atoms with Gasteiger partial charge in [0.25, 0.3) is 5.56 Å². The van der Waals surface area contributed by atoms with E-state index in [1.165, 1.54) is 17.3 Å². The van der Waals surface area contributed by atoms with E-state index >= 15 is 0 Å². The summed E-state index contributed by atoms with van der Waals surface area (Å²) in [6.07, 6.45) is 3.09. The van der Waals surface area contributed by atoms with E-state index < -0.39 is 0 Å². The fraction of sp³-hybridized carbons (Fsp3) is 0.281. The molecule has 1 aliphatic heterocycles. The van der Waals surface area contributed by atoms with E-state index in [1.54, 1.807) is 4.57 Å². The van der Waals surface area contributed by atoms with Crippen LogP contribution >= 0.6 is 11.8 Å². The predicted molar refractivity (Wildman–Crippen MR) is 159 cm³/mol. The highest BCUT2D eigenvalue weighted by Crippen LogP contribution is 2.29. The number of hydrogen-bond donors (Lipinski definition) is 1. The highest BCUT2D eigenvalue weighted by atomic mass is 32.2. The summed E-state index contributed by atoms with van der Waals surface area (Å²) in [5.41, 5.74) is 6.13. The molecule has 1 fully saturated rings. The number of hydrogen-bond acceptors (Lipinski definition) is 4. The summed E-state index contributed by atoms with van der Waals surface area (Å²) in [7, 11) is 0. The molecule has 2 aromatic heterocycles. The van der Waals surface area contributed by atoms with Gasteiger partial charge in [-0.1, -0.05) is 72.4 Å². The van der Waals surface area contributed by atoms with Crippen LogP contribution in [-0.2, 0) is 11.2 Å². The van der Waals surface area contributed by atoms with Gasteiger partial charge in [0.05, 0.1) is 11.4 Å². The van der Waals surface area contributed by atoms with Gasteiger partial charge in [-0.3, -0.25) is 14.2 Å². The highest BCUT2D eigenvalue weighted by molar-refractivity contribution is 7.99. The molecule has 0 atom stereocenters. The summed E-state index contributed by atoms with van der Waals surface area (Å²) in [5.74, 6) is 0.942. The Bertz CT molecular complexity index is 1720. The second-order valence-electron chi connectivity index (χ2n) is 10.5. The molecule has 5 aromatic rings. The quantitative estimate of drug-likeness (QED) is 0.212. The van der Waals surface area contributed by atoms with Crippen molar-refractivity contribution in [3.63, 3.8) is 0 Å². The monoisotopic (exact) mass is 536 g/mol. The molecule has 1 aliphatic rings. The lowest BCUT2D eigenvalue weighted by Gasteiger charge is -2.32. The van der Waals surface area contributed by atoms with Crippen LogP contribution in [0, 0.1) is 19.8 Å². The lowest BCUT2D eigenvalue weighted by atomic mass is 9.90. The van der Waals surface area contributed by atoms with Crippen molar-refractivity contribution < 1.29 is 4.79 Å². The number of carbonyl (C=O) groups is 1. The number of rotatable bonds is 6. The van der Waals surface area contributed by atoms with Crippen LogP contribution in [0.5, 0.6) is 0 Å². The maximum absolute atomic E-state index is 13.9. The Hall–Kier alpha value is -3.84. The molecule has 1 N–H and O–H groups in total. The summed E-state index contributed by atoms with van der Waals surface area (Å²) in [4.78, 5) is 37.4. The molecule has 39 heavy (non-hydrogen) atoms. The van der Waals surface area contributed by atoms with Crippen molar-refractivity contribution in [2.75, 3.05) is 18.8 Å². The zero-order valence-corrected chi connectivity index (χ0v) is 23.1. The Morgan fingerprint density at radius 1 is 0.974 bits per heavy atom. The molecule has 6 rings (SSSR count). The Morgan fingerprint density at radius 2 is 1.72 bits per heavy atom. The fourth-order valence-electron chi connectivity index (χ4n) is 5.58. The van der Waals surface area contributed by atoms with Gasteiger partial charge in [0.1, 0.15) is 11.0 Å². The summed E-state index contributed by atoms with van der Waals surface area (Å²) in [6.45, 7) is 5.60. The molecular formula is C32H32N4O2S. The number of aromatic nitrogens is 3. The van der Waals surface area contributed by atoms with E-state index in [0.29, 0.717) is 22.1 Å². The minimum Gasteiger partial charge on any atom is -0.349 e. The summed E-state index contributed by atoms with van der Waals surface area (Å²) in [5, 5.41) is 1.45. The Labute approximate surface area is 232 Å². The van der Waals surface area contributed by atoms with Crippen molar-refractivity contribution in [1.82, 2.24) is 19.4 Å². The topological polar surface area (TPSA) is 71.0 Å². The van der Waals surface area contributed by atoms with Crippen molar-refractivity contribution in [3.8, 4) is 5.69 Å². The minimum atomic E-state index is -0.151. The highest BCUT2D eigenvalue weighted by Gasteiger charge is 2.25. The average Bonchev–Trinajstić information content (AvgIpc) is 3.34. The number of thioether (sulfide) groups is 1. The van der Waals surface area contributed by atoms with Gasteiger partial charge < -0.3 is 9.88 Å². The first-order chi connectivity index (χ1) is 19.0. The number of carbonyl (C=O) groups excluding carboxylic acids is 1. The lowest BCUT2D eigenvalue weighted by Crippen LogP contribution is -2.40. The summed E-state index contributed by atoms with van der Waals surface area (Å²) >= 11 is 1.35. The molecule has 1 amide bonds. The Morgan fingerprint density at radius 3 is 2.51 bits per heavy atom. The first-order valence-corrected chi connectivity index (χ1v) is 14.5. The van der Waals surface area contributed by atoms with Gasteiger partial charge in [-0.05, 0) is 67.9 Å². The number of fused-ring (bicyclic) bond motifs is 3. The van der Waals surface area contributed by atoms with E-state index in [-0.39, 0.29) is 17.2 Å². The number of aryl methyl sites for hydroxylation is 1. The number of nitrogens with zero attached hydrogens (tertiary/aromatic N) is 3. The molecule has 0 radical (unpaired) electrons. The van der Waals surface area contributed by atoms with Crippen molar-refractivity contribution in [3.05, 3.63) is 99.8 Å². The van der Waals surface area contributed by atoms with Crippen molar-refractivity contribution in [2.24, 2.45) is 5.92 Å². The number of amides is 1. The van der Waals surface area contributed by atoms with Gasteiger partial charge in [-0.2, -0.15) is 0 Å². The third-order valence-electron chi connectivity index (χ3n) is 7.97. The predicted octanol–water partition coefficient (Wildman–Crippen LogP) is 6.06. The zero-order valence-electron chi connectivity index (χ0n) is 22.3. The lowest BCUT2D eigenvalue weighted by molar-refractivity contribution is -0.129. The minimum absolute atomic E-state index is 0.0962. The molecule has 0 unspecified atom stereocenters. The number of benzene rings is 3. The molecule has 0 bridgehead atoms. The van der Waals surface area contributed by atoms with Crippen molar-refractivity contribution >= 4 is 39.6 Å². The number of para-hydroxylation sites is 1. The summed E-state index contributed by atoms with van der Waals surface area (Å²) < 4.78 is 1.67. The normalized spacial score (nSPS) is 14.4. The molecule has 6 nitrogen and oxygen atoms in total. The van der Waals surface area contributed by atoms with Crippen LogP contribution in [0.1, 0.15) is 29.5 Å². The van der Waals surface area contributed by atoms with E-state index in [0.717, 1.165) is 60.1 Å². The zero-order chi connectivity index (χ0) is 26.9. The molecule has 0 saturated carbocycles. The molecule has 198 valence electrons. The Kier molecular flexibility index (Phi) is 7.00. The van der Waals surface area contributed by atoms with E-state index in [1.807, 2.05) is 67.3 Å². The molecule has 1 saturated heterocycles. The van der Waals surface area contributed by atoms with Crippen LogP contribution in [0.15, 0.2) is 82.7 Å². The third-order valence-corrected chi connectivity index (χ3v) is 8.89. The number of aromatic amines is 1.